The lowest BCUT2D eigenvalue weighted by molar-refractivity contribution is 0.821. The molecule has 0 heterocycles. The Hall–Kier alpha value is -1.45. The number of nitrogens with zero attached hydrogens (tertiary/aromatic N) is 2. The molecule has 1 rings (SSSR count). The Labute approximate surface area is 105 Å². The number of benzene rings is 1. The fourth-order valence-corrected chi connectivity index (χ4v) is 2.13. The second kappa shape index (κ2) is 6.20. The van der Waals surface area contributed by atoms with Gasteiger partial charge in [-0.3, -0.25) is 0 Å². The maximum absolute atomic E-state index is 8.78. The standard InChI is InChI=1S/C13H13BrN2/c1-3-7-16(8-4-2)13-6-5-11(10-15)9-12(13)14/h1,5-6,9H,4,7-8H2,2H3. The maximum atomic E-state index is 8.78. The summed E-state index contributed by atoms with van der Waals surface area (Å²) in [5, 5.41) is 8.78. The first-order chi connectivity index (χ1) is 7.72. The molecule has 1 aromatic carbocycles. The molecule has 1 aromatic rings. The summed E-state index contributed by atoms with van der Waals surface area (Å²) in [7, 11) is 0. The topological polar surface area (TPSA) is 27.0 Å². The lowest BCUT2D eigenvalue weighted by Crippen LogP contribution is -2.24. The van der Waals surface area contributed by atoms with Crippen molar-refractivity contribution in [2.75, 3.05) is 18.0 Å². The average molecular weight is 277 g/mol. The molecule has 3 heteroatoms. The van der Waals surface area contributed by atoms with Crippen LogP contribution in [0.15, 0.2) is 22.7 Å². The van der Waals surface area contributed by atoms with Crippen LogP contribution in [0, 0.1) is 23.7 Å². The van der Waals surface area contributed by atoms with Crippen LogP contribution in [-0.4, -0.2) is 13.1 Å². The second-order valence-corrected chi connectivity index (χ2v) is 4.26. The normalized spacial score (nSPS) is 9.25. The lowest BCUT2D eigenvalue weighted by Gasteiger charge is -2.23. The van der Waals surface area contributed by atoms with E-state index >= 15 is 0 Å². The monoisotopic (exact) mass is 276 g/mol. The van der Waals surface area contributed by atoms with Gasteiger partial charge in [-0.05, 0) is 40.5 Å². The molecular formula is C13H13BrN2. The molecule has 0 aliphatic heterocycles. The minimum Gasteiger partial charge on any atom is -0.359 e. The van der Waals surface area contributed by atoms with Crippen molar-refractivity contribution in [2.45, 2.75) is 13.3 Å². The Morgan fingerprint density at radius 3 is 2.75 bits per heavy atom. The number of anilines is 1. The molecule has 0 saturated carbocycles. The highest BCUT2D eigenvalue weighted by atomic mass is 79.9. The average Bonchev–Trinajstić information content (AvgIpc) is 2.29. The number of rotatable bonds is 4. The Balaban J connectivity index is 3.02. The predicted octanol–water partition coefficient (Wildman–Crippen LogP) is 3.17. The summed E-state index contributed by atoms with van der Waals surface area (Å²) < 4.78 is 0.912. The van der Waals surface area contributed by atoms with Gasteiger partial charge in [-0.25, -0.2) is 0 Å². The van der Waals surface area contributed by atoms with Gasteiger partial charge in [-0.1, -0.05) is 12.8 Å². The van der Waals surface area contributed by atoms with Gasteiger partial charge in [-0.15, -0.1) is 6.42 Å². The number of hydrogen-bond donors (Lipinski definition) is 0. The highest BCUT2D eigenvalue weighted by Gasteiger charge is 2.08. The maximum Gasteiger partial charge on any atom is 0.0992 e. The zero-order valence-corrected chi connectivity index (χ0v) is 10.8. The summed E-state index contributed by atoms with van der Waals surface area (Å²) in [5.41, 5.74) is 1.69. The number of halogens is 1. The van der Waals surface area contributed by atoms with Crippen LogP contribution in [-0.2, 0) is 0 Å². The molecule has 0 unspecified atom stereocenters. The number of nitriles is 1. The molecule has 0 N–H and O–H groups in total. The molecule has 0 amide bonds. The van der Waals surface area contributed by atoms with Gasteiger partial charge < -0.3 is 4.90 Å². The number of hydrogen-bond acceptors (Lipinski definition) is 2. The van der Waals surface area contributed by atoms with E-state index < -0.39 is 0 Å². The van der Waals surface area contributed by atoms with Crippen LogP contribution in [0.1, 0.15) is 18.9 Å². The van der Waals surface area contributed by atoms with E-state index in [1.54, 1.807) is 6.07 Å². The van der Waals surface area contributed by atoms with Crippen molar-refractivity contribution in [3.63, 3.8) is 0 Å². The summed E-state index contributed by atoms with van der Waals surface area (Å²) >= 11 is 3.47. The third kappa shape index (κ3) is 3.02. The third-order valence-electron chi connectivity index (χ3n) is 2.19. The molecule has 0 bridgehead atoms. The number of terminal acetylenes is 1. The summed E-state index contributed by atoms with van der Waals surface area (Å²) in [4.78, 5) is 2.12. The second-order valence-electron chi connectivity index (χ2n) is 3.40. The first-order valence-corrected chi connectivity index (χ1v) is 5.90. The van der Waals surface area contributed by atoms with Gasteiger partial charge in [0.25, 0.3) is 0 Å². The van der Waals surface area contributed by atoms with Crippen LogP contribution in [0.5, 0.6) is 0 Å². The Morgan fingerprint density at radius 2 is 2.25 bits per heavy atom. The first-order valence-electron chi connectivity index (χ1n) is 5.11. The van der Waals surface area contributed by atoms with Crippen LogP contribution in [0.3, 0.4) is 0 Å². The van der Waals surface area contributed by atoms with Crippen molar-refractivity contribution in [1.29, 1.82) is 5.26 Å². The third-order valence-corrected chi connectivity index (χ3v) is 2.83. The van der Waals surface area contributed by atoms with Gasteiger partial charge in [0.05, 0.1) is 23.9 Å². The van der Waals surface area contributed by atoms with Gasteiger partial charge in [0.2, 0.25) is 0 Å². The van der Waals surface area contributed by atoms with E-state index in [1.807, 2.05) is 12.1 Å². The molecule has 0 spiro atoms. The first kappa shape index (κ1) is 12.6. The lowest BCUT2D eigenvalue weighted by atomic mass is 10.2. The van der Waals surface area contributed by atoms with Crippen molar-refractivity contribution in [3.8, 4) is 18.4 Å². The molecule has 0 aliphatic carbocycles. The van der Waals surface area contributed by atoms with Crippen LogP contribution in [0.4, 0.5) is 5.69 Å². The highest BCUT2D eigenvalue weighted by molar-refractivity contribution is 9.10. The van der Waals surface area contributed by atoms with Crippen LogP contribution in [0.25, 0.3) is 0 Å². The zero-order chi connectivity index (χ0) is 12.0. The van der Waals surface area contributed by atoms with Gasteiger partial charge >= 0.3 is 0 Å². The minimum absolute atomic E-state index is 0.582. The summed E-state index contributed by atoms with van der Waals surface area (Å²) in [6.07, 6.45) is 6.38. The van der Waals surface area contributed by atoms with Crippen molar-refractivity contribution in [3.05, 3.63) is 28.2 Å². The fraction of sp³-hybridized carbons (Fsp3) is 0.308. The SMILES string of the molecule is C#CCN(CCC)c1ccc(C#N)cc1Br. The van der Waals surface area contributed by atoms with E-state index in [0.29, 0.717) is 12.1 Å². The van der Waals surface area contributed by atoms with E-state index in [9.17, 15) is 0 Å². The van der Waals surface area contributed by atoms with Crippen LogP contribution < -0.4 is 4.90 Å². The quantitative estimate of drug-likeness (QED) is 0.790. The molecular weight excluding hydrogens is 264 g/mol. The zero-order valence-electron chi connectivity index (χ0n) is 9.20. The van der Waals surface area contributed by atoms with E-state index in [0.717, 1.165) is 23.1 Å². The highest BCUT2D eigenvalue weighted by Crippen LogP contribution is 2.27. The van der Waals surface area contributed by atoms with Crippen molar-refractivity contribution in [1.82, 2.24) is 0 Å². The van der Waals surface area contributed by atoms with Gasteiger partial charge in [0.1, 0.15) is 0 Å². The fourth-order valence-electron chi connectivity index (χ4n) is 1.50. The van der Waals surface area contributed by atoms with Crippen molar-refractivity contribution < 1.29 is 0 Å². The molecule has 82 valence electrons. The Morgan fingerprint density at radius 1 is 1.50 bits per heavy atom. The molecule has 0 aliphatic rings. The Bertz CT molecular complexity index is 440. The Kier molecular flexibility index (Phi) is 4.89. The molecule has 0 saturated heterocycles. The van der Waals surface area contributed by atoms with E-state index in [4.69, 9.17) is 11.7 Å². The van der Waals surface area contributed by atoms with E-state index in [-0.39, 0.29) is 0 Å². The van der Waals surface area contributed by atoms with Crippen molar-refractivity contribution >= 4 is 21.6 Å². The summed E-state index contributed by atoms with van der Waals surface area (Å²) in [5.74, 6) is 2.65. The van der Waals surface area contributed by atoms with Crippen LogP contribution in [0.2, 0.25) is 0 Å². The molecule has 0 atom stereocenters. The van der Waals surface area contributed by atoms with E-state index in [2.05, 4.69) is 39.7 Å². The minimum atomic E-state index is 0.582. The molecule has 0 aromatic heterocycles. The van der Waals surface area contributed by atoms with Crippen LogP contribution >= 0.6 is 15.9 Å². The van der Waals surface area contributed by atoms with Crippen molar-refractivity contribution in [2.24, 2.45) is 0 Å². The molecule has 0 radical (unpaired) electrons. The van der Waals surface area contributed by atoms with E-state index in [1.165, 1.54) is 0 Å². The summed E-state index contributed by atoms with van der Waals surface area (Å²) in [6, 6.07) is 7.65. The summed E-state index contributed by atoms with van der Waals surface area (Å²) in [6.45, 7) is 3.61. The van der Waals surface area contributed by atoms with Gasteiger partial charge in [-0.2, -0.15) is 5.26 Å². The molecule has 2 nitrogen and oxygen atoms in total. The predicted molar refractivity (Wildman–Crippen MR) is 70.2 cm³/mol. The van der Waals surface area contributed by atoms with Gasteiger partial charge in [0.15, 0.2) is 0 Å². The smallest absolute Gasteiger partial charge is 0.0992 e. The van der Waals surface area contributed by atoms with Gasteiger partial charge in [0, 0.05) is 11.0 Å². The molecule has 16 heavy (non-hydrogen) atoms. The largest absolute Gasteiger partial charge is 0.359 e. The molecule has 0 fully saturated rings.